The SMILES string of the molecule is Cc1cc(F)c(C(C)(CO)Nc2ccc(F)cc2)cc1F. The number of hydrogen-bond donors (Lipinski definition) is 2. The van der Waals surface area contributed by atoms with E-state index in [0.717, 1.165) is 12.1 Å². The Balaban J connectivity index is 2.41. The summed E-state index contributed by atoms with van der Waals surface area (Å²) >= 11 is 0. The molecule has 2 rings (SSSR count). The van der Waals surface area contributed by atoms with Crippen molar-refractivity contribution >= 4 is 5.69 Å². The monoisotopic (exact) mass is 295 g/mol. The van der Waals surface area contributed by atoms with Gasteiger partial charge in [0.15, 0.2) is 0 Å². The molecule has 1 unspecified atom stereocenters. The first-order chi connectivity index (χ1) is 9.85. The summed E-state index contributed by atoms with van der Waals surface area (Å²) in [6.07, 6.45) is 0. The molecule has 0 saturated carbocycles. The summed E-state index contributed by atoms with van der Waals surface area (Å²) in [4.78, 5) is 0. The molecule has 2 aromatic rings. The van der Waals surface area contributed by atoms with E-state index in [1.54, 1.807) is 6.92 Å². The largest absolute Gasteiger partial charge is 0.394 e. The van der Waals surface area contributed by atoms with Crippen molar-refractivity contribution in [3.63, 3.8) is 0 Å². The van der Waals surface area contributed by atoms with Crippen LogP contribution in [0.5, 0.6) is 0 Å². The fourth-order valence-corrected chi connectivity index (χ4v) is 2.11. The van der Waals surface area contributed by atoms with Crippen molar-refractivity contribution < 1.29 is 18.3 Å². The predicted octanol–water partition coefficient (Wildman–Crippen LogP) is 3.73. The zero-order valence-corrected chi connectivity index (χ0v) is 11.8. The minimum Gasteiger partial charge on any atom is -0.394 e. The van der Waals surface area contributed by atoms with Gasteiger partial charge in [-0.3, -0.25) is 0 Å². The van der Waals surface area contributed by atoms with Gasteiger partial charge in [0.2, 0.25) is 0 Å². The highest BCUT2D eigenvalue weighted by molar-refractivity contribution is 5.48. The summed E-state index contributed by atoms with van der Waals surface area (Å²) in [6, 6.07) is 7.57. The lowest BCUT2D eigenvalue weighted by Crippen LogP contribution is -2.37. The van der Waals surface area contributed by atoms with E-state index in [9.17, 15) is 18.3 Å². The van der Waals surface area contributed by atoms with Gasteiger partial charge < -0.3 is 10.4 Å². The molecule has 0 fully saturated rings. The summed E-state index contributed by atoms with van der Waals surface area (Å²) in [5.41, 5.74) is -0.528. The van der Waals surface area contributed by atoms with Gasteiger partial charge in [0.05, 0.1) is 12.1 Å². The number of anilines is 1. The molecule has 0 aromatic heterocycles. The Labute approximate surface area is 121 Å². The van der Waals surface area contributed by atoms with Gasteiger partial charge in [-0.1, -0.05) is 0 Å². The highest BCUT2D eigenvalue weighted by Gasteiger charge is 2.30. The van der Waals surface area contributed by atoms with Gasteiger partial charge in [0.1, 0.15) is 17.5 Å². The normalized spacial score (nSPS) is 13.8. The van der Waals surface area contributed by atoms with Gasteiger partial charge in [-0.2, -0.15) is 0 Å². The van der Waals surface area contributed by atoms with Gasteiger partial charge in [0, 0.05) is 11.3 Å². The van der Waals surface area contributed by atoms with Gasteiger partial charge in [-0.05, 0) is 55.8 Å². The second-order valence-corrected chi connectivity index (χ2v) is 5.20. The standard InChI is InChI=1S/C16H16F3NO/c1-10-7-15(19)13(8-14(10)18)16(2,9-21)20-12-5-3-11(17)4-6-12/h3-8,20-21H,9H2,1-2H3. The Kier molecular flexibility index (Phi) is 4.23. The number of aliphatic hydroxyl groups excluding tert-OH is 1. The summed E-state index contributed by atoms with van der Waals surface area (Å²) in [7, 11) is 0. The average molecular weight is 295 g/mol. The van der Waals surface area contributed by atoms with Crippen LogP contribution in [0.2, 0.25) is 0 Å². The highest BCUT2D eigenvalue weighted by Crippen LogP contribution is 2.29. The first kappa shape index (κ1) is 15.4. The van der Waals surface area contributed by atoms with Crippen LogP contribution in [0.25, 0.3) is 0 Å². The van der Waals surface area contributed by atoms with Gasteiger partial charge in [0.25, 0.3) is 0 Å². The molecule has 0 aliphatic heterocycles. The number of aliphatic hydroxyl groups is 1. The van der Waals surface area contributed by atoms with Crippen LogP contribution in [0.4, 0.5) is 18.9 Å². The molecule has 2 aromatic carbocycles. The van der Waals surface area contributed by atoms with Crippen LogP contribution in [0.1, 0.15) is 18.1 Å². The van der Waals surface area contributed by atoms with E-state index in [1.807, 2.05) is 0 Å². The van der Waals surface area contributed by atoms with Gasteiger partial charge >= 0.3 is 0 Å². The van der Waals surface area contributed by atoms with Gasteiger partial charge in [-0.15, -0.1) is 0 Å². The first-order valence-corrected chi connectivity index (χ1v) is 6.46. The fraction of sp³-hybridized carbons (Fsp3) is 0.250. The van der Waals surface area contributed by atoms with Crippen molar-refractivity contribution in [2.75, 3.05) is 11.9 Å². The van der Waals surface area contributed by atoms with Crippen LogP contribution in [0.15, 0.2) is 36.4 Å². The number of hydrogen-bond acceptors (Lipinski definition) is 2. The lowest BCUT2D eigenvalue weighted by molar-refractivity contribution is 0.220. The van der Waals surface area contributed by atoms with E-state index in [-0.39, 0.29) is 11.1 Å². The van der Waals surface area contributed by atoms with Crippen LogP contribution >= 0.6 is 0 Å². The Morgan fingerprint density at radius 2 is 1.67 bits per heavy atom. The summed E-state index contributed by atoms with van der Waals surface area (Å²) in [5.74, 6) is -1.56. The van der Waals surface area contributed by atoms with E-state index in [2.05, 4.69) is 5.32 Å². The van der Waals surface area contributed by atoms with E-state index in [1.165, 1.54) is 31.2 Å². The zero-order valence-electron chi connectivity index (χ0n) is 11.8. The molecule has 0 heterocycles. The van der Waals surface area contributed by atoms with E-state index in [4.69, 9.17) is 0 Å². The number of rotatable bonds is 4. The molecule has 112 valence electrons. The van der Waals surface area contributed by atoms with E-state index >= 15 is 0 Å². The van der Waals surface area contributed by atoms with Gasteiger partial charge in [-0.25, -0.2) is 13.2 Å². The smallest absolute Gasteiger partial charge is 0.129 e. The predicted molar refractivity (Wildman–Crippen MR) is 75.6 cm³/mol. The molecule has 0 aliphatic carbocycles. The lowest BCUT2D eigenvalue weighted by Gasteiger charge is -2.31. The molecule has 2 N–H and O–H groups in total. The topological polar surface area (TPSA) is 32.3 Å². The third-order valence-electron chi connectivity index (χ3n) is 3.42. The second-order valence-electron chi connectivity index (χ2n) is 5.20. The summed E-state index contributed by atoms with van der Waals surface area (Å²) in [5, 5.41) is 12.5. The third-order valence-corrected chi connectivity index (χ3v) is 3.42. The number of aryl methyl sites for hydroxylation is 1. The van der Waals surface area contributed by atoms with Crippen LogP contribution in [0.3, 0.4) is 0 Å². The molecule has 5 heteroatoms. The van der Waals surface area contributed by atoms with Crippen molar-refractivity contribution in [1.29, 1.82) is 0 Å². The van der Waals surface area contributed by atoms with Crippen LogP contribution in [-0.4, -0.2) is 11.7 Å². The zero-order chi connectivity index (χ0) is 15.6. The number of benzene rings is 2. The van der Waals surface area contributed by atoms with E-state index < -0.39 is 29.6 Å². The number of nitrogens with one attached hydrogen (secondary N) is 1. The molecule has 0 amide bonds. The van der Waals surface area contributed by atoms with Crippen molar-refractivity contribution in [3.05, 3.63) is 65.0 Å². The second kappa shape index (κ2) is 5.77. The minimum absolute atomic E-state index is 0.0115. The maximum absolute atomic E-state index is 14.1. The third kappa shape index (κ3) is 3.19. The first-order valence-electron chi connectivity index (χ1n) is 6.46. The fourth-order valence-electron chi connectivity index (χ4n) is 2.11. The highest BCUT2D eigenvalue weighted by atomic mass is 19.1. The quantitative estimate of drug-likeness (QED) is 0.900. The average Bonchev–Trinajstić information content (AvgIpc) is 2.45. The Hall–Kier alpha value is -2.01. The van der Waals surface area contributed by atoms with Crippen LogP contribution < -0.4 is 5.32 Å². The Morgan fingerprint density at radius 1 is 1.05 bits per heavy atom. The van der Waals surface area contributed by atoms with Crippen LogP contribution in [-0.2, 0) is 5.54 Å². The maximum atomic E-state index is 14.1. The molecule has 0 radical (unpaired) electrons. The Bertz CT molecular complexity index is 643. The van der Waals surface area contributed by atoms with Crippen LogP contribution in [0, 0.1) is 24.4 Å². The molecule has 0 spiro atoms. The summed E-state index contributed by atoms with van der Waals surface area (Å²) in [6.45, 7) is 2.55. The van der Waals surface area contributed by atoms with Crippen molar-refractivity contribution in [1.82, 2.24) is 0 Å². The van der Waals surface area contributed by atoms with Crippen molar-refractivity contribution in [2.24, 2.45) is 0 Å². The molecular weight excluding hydrogens is 279 g/mol. The Morgan fingerprint density at radius 3 is 2.24 bits per heavy atom. The molecule has 1 atom stereocenters. The summed E-state index contributed by atoms with van der Waals surface area (Å²) < 4.78 is 40.7. The minimum atomic E-state index is -1.23. The maximum Gasteiger partial charge on any atom is 0.129 e. The number of halogens is 3. The molecule has 21 heavy (non-hydrogen) atoms. The van der Waals surface area contributed by atoms with Crippen molar-refractivity contribution in [2.45, 2.75) is 19.4 Å². The lowest BCUT2D eigenvalue weighted by atomic mass is 9.91. The molecule has 2 nitrogen and oxygen atoms in total. The van der Waals surface area contributed by atoms with Crippen molar-refractivity contribution in [3.8, 4) is 0 Å². The molecule has 0 bridgehead atoms. The van der Waals surface area contributed by atoms with E-state index in [0.29, 0.717) is 5.69 Å². The molecule has 0 aliphatic rings. The molecule has 0 saturated heterocycles. The molecular formula is C16H16F3NO.